The van der Waals surface area contributed by atoms with Crippen LogP contribution in [0.2, 0.25) is 0 Å². The molecule has 1 fully saturated rings. The SMILES string of the molecule is CSC1CCCCC1NCC(=O)NCC#N. The van der Waals surface area contributed by atoms with E-state index in [1.165, 1.54) is 19.3 Å². The largest absolute Gasteiger partial charge is 0.342 e. The van der Waals surface area contributed by atoms with Crippen molar-refractivity contribution in [2.24, 2.45) is 0 Å². The van der Waals surface area contributed by atoms with Gasteiger partial charge in [0.05, 0.1) is 12.6 Å². The molecule has 0 radical (unpaired) electrons. The Morgan fingerprint density at radius 1 is 1.50 bits per heavy atom. The fourth-order valence-electron chi connectivity index (χ4n) is 2.04. The summed E-state index contributed by atoms with van der Waals surface area (Å²) in [6.07, 6.45) is 7.05. The van der Waals surface area contributed by atoms with E-state index in [4.69, 9.17) is 5.26 Å². The Hall–Kier alpha value is -0.730. The molecule has 1 aliphatic rings. The van der Waals surface area contributed by atoms with Crippen LogP contribution in [-0.2, 0) is 4.79 Å². The molecule has 0 saturated heterocycles. The Morgan fingerprint density at radius 3 is 2.94 bits per heavy atom. The molecule has 2 unspecified atom stereocenters. The minimum atomic E-state index is -0.0908. The summed E-state index contributed by atoms with van der Waals surface area (Å²) in [4.78, 5) is 11.3. The average molecular weight is 241 g/mol. The van der Waals surface area contributed by atoms with Crippen molar-refractivity contribution in [1.29, 1.82) is 5.26 Å². The van der Waals surface area contributed by atoms with E-state index < -0.39 is 0 Å². The molecule has 2 N–H and O–H groups in total. The van der Waals surface area contributed by atoms with Crippen molar-refractivity contribution in [2.75, 3.05) is 19.3 Å². The summed E-state index contributed by atoms with van der Waals surface area (Å²) >= 11 is 1.88. The maximum absolute atomic E-state index is 11.3. The van der Waals surface area contributed by atoms with Crippen molar-refractivity contribution < 1.29 is 4.79 Å². The summed E-state index contributed by atoms with van der Waals surface area (Å²) in [5.74, 6) is -0.0908. The maximum atomic E-state index is 11.3. The molecule has 5 heteroatoms. The number of thioether (sulfide) groups is 1. The smallest absolute Gasteiger partial charge is 0.234 e. The van der Waals surface area contributed by atoms with Crippen molar-refractivity contribution in [3.8, 4) is 6.07 Å². The lowest BCUT2D eigenvalue weighted by molar-refractivity contribution is -0.120. The van der Waals surface area contributed by atoms with E-state index in [9.17, 15) is 4.79 Å². The van der Waals surface area contributed by atoms with Gasteiger partial charge in [0.2, 0.25) is 5.91 Å². The summed E-state index contributed by atoms with van der Waals surface area (Å²) in [5, 5.41) is 14.8. The molecule has 16 heavy (non-hydrogen) atoms. The molecule has 1 saturated carbocycles. The average Bonchev–Trinajstić information content (AvgIpc) is 2.34. The molecule has 0 bridgehead atoms. The second-order valence-electron chi connectivity index (χ2n) is 3.98. The number of nitrogens with one attached hydrogen (secondary N) is 2. The summed E-state index contributed by atoms with van der Waals surface area (Å²) in [6, 6.07) is 2.33. The lowest BCUT2D eigenvalue weighted by atomic mass is 9.95. The normalized spacial score (nSPS) is 24.8. The topological polar surface area (TPSA) is 64.9 Å². The van der Waals surface area contributed by atoms with Gasteiger partial charge in [-0.3, -0.25) is 4.79 Å². The lowest BCUT2D eigenvalue weighted by Crippen LogP contribution is -2.45. The van der Waals surface area contributed by atoms with Gasteiger partial charge in [0.1, 0.15) is 6.54 Å². The highest BCUT2D eigenvalue weighted by atomic mass is 32.2. The van der Waals surface area contributed by atoms with Gasteiger partial charge in [-0.15, -0.1) is 0 Å². The molecular formula is C11H19N3OS. The molecule has 1 amide bonds. The van der Waals surface area contributed by atoms with Crippen LogP contribution < -0.4 is 10.6 Å². The first kappa shape index (κ1) is 13.3. The first-order valence-corrected chi connectivity index (χ1v) is 6.96. The first-order chi connectivity index (χ1) is 7.77. The van der Waals surface area contributed by atoms with E-state index in [1.807, 2.05) is 17.8 Å². The van der Waals surface area contributed by atoms with Gasteiger partial charge < -0.3 is 10.6 Å². The number of carbonyl (C=O) groups is 1. The molecule has 0 aromatic heterocycles. The zero-order chi connectivity index (χ0) is 11.8. The first-order valence-electron chi connectivity index (χ1n) is 5.67. The number of nitriles is 1. The van der Waals surface area contributed by atoms with Gasteiger partial charge in [0, 0.05) is 11.3 Å². The summed E-state index contributed by atoms with van der Waals surface area (Å²) < 4.78 is 0. The van der Waals surface area contributed by atoms with E-state index in [2.05, 4.69) is 16.9 Å². The Bertz CT molecular complexity index is 264. The van der Waals surface area contributed by atoms with Gasteiger partial charge in [0.15, 0.2) is 0 Å². The van der Waals surface area contributed by atoms with Crippen LogP contribution in [0, 0.1) is 11.3 Å². The fourth-order valence-corrected chi connectivity index (χ4v) is 3.00. The van der Waals surface area contributed by atoms with Crippen molar-refractivity contribution in [1.82, 2.24) is 10.6 Å². The van der Waals surface area contributed by atoms with E-state index in [0.29, 0.717) is 17.8 Å². The Balaban J connectivity index is 2.24. The number of rotatable bonds is 5. The quantitative estimate of drug-likeness (QED) is 0.702. The standard InChI is InChI=1S/C11H19N3OS/c1-16-10-5-3-2-4-9(10)14-8-11(15)13-7-6-12/h9-10,14H,2-5,7-8H2,1H3,(H,13,15). The third-order valence-electron chi connectivity index (χ3n) is 2.89. The fraction of sp³-hybridized carbons (Fsp3) is 0.818. The highest BCUT2D eigenvalue weighted by molar-refractivity contribution is 7.99. The molecule has 1 rings (SSSR count). The van der Waals surface area contributed by atoms with Crippen LogP contribution in [0.25, 0.3) is 0 Å². The highest BCUT2D eigenvalue weighted by Crippen LogP contribution is 2.26. The molecule has 0 spiro atoms. The van der Waals surface area contributed by atoms with Crippen LogP contribution in [0.1, 0.15) is 25.7 Å². The van der Waals surface area contributed by atoms with E-state index in [-0.39, 0.29) is 12.5 Å². The predicted molar refractivity (Wildman–Crippen MR) is 66.2 cm³/mol. The molecule has 0 aromatic rings. The molecule has 0 aliphatic heterocycles. The zero-order valence-corrected chi connectivity index (χ0v) is 10.5. The summed E-state index contributed by atoms with van der Waals surface area (Å²) in [7, 11) is 0. The summed E-state index contributed by atoms with van der Waals surface area (Å²) in [6.45, 7) is 0.417. The van der Waals surface area contributed by atoms with Crippen molar-refractivity contribution in [3.05, 3.63) is 0 Å². The Morgan fingerprint density at radius 2 is 2.25 bits per heavy atom. The van der Waals surface area contributed by atoms with Gasteiger partial charge in [-0.25, -0.2) is 0 Å². The molecule has 0 aromatic carbocycles. The third kappa shape index (κ3) is 4.42. The molecule has 1 aliphatic carbocycles. The lowest BCUT2D eigenvalue weighted by Gasteiger charge is -2.30. The zero-order valence-electron chi connectivity index (χ0n) is 9.66. The van der Waals surface area contributed by atoms with Crippen LogP contribution in [-0.4, -0.2) is 36.5 Å². The van der Waals surface area contributed by atoms with Crippen LogP contribution in [0.3, 0.4) is 0 Å². The van der Waals surface area contributed by atoms with Crippen molar-refractivity contribution >= 4 is 17.7 Å². The molecular weight excluding hydrogens is 222 g/mol. The van der Waals surface area contributed by atoms with Gasteiger partial charge >= 0.3 is 0 Å². The van der Waals surface area contributed by atoms with E-state index >= 15 is 0 Å². The molecule has 0 heterocycles. The monoisotopic (exact) mass is 241 g/mol. The van der Waals surface area contributed by atoms with Gasteiger partial charge in [-0.1, -0.05) is 12.8 Å². The highest BCUT2D eigenvalue weighted by Gasteiger charge is 2.24. The van der Waals surface area contributed by atoms with Gasteiger partial charge in [0.25, 0.3) is 0 Å². The Labute approximate surface area is 101 Å². The van der Waals surface area contributed by atoms with Gasteiger partial charge in [-0.05, 0) is 19.1 Å². The minimum Gasteiger partial charge on any atom is -0.342 e. The number of hydrogen-bond donors (Lipinski definition) is 2. The number of carbonyl (C=O) groups excluding carboxylic acids is 1. The molecule has 2 atom stereocenters. The second kappa shape index (κ2) is 7.53. The predicted octanol–water partition coefficient (Wildman–Crippen LogP) is 0.890. The molecule has 90 valence electrons. The Kier molecular flexibility index (Phi) is 6.27. The molecule has 4 nitrogen and oxygen atoms in total. The minimum absolute atomic E-state index is 0.0908. The van der Waals surface area contributed by atoms with E-state index in [0.717, 1.165) is 6.42 Å². The number of hydrogen-bond acceptors (Lipinski definition) is 4. The summed E-state index contributed by atoms with van der Waals surface area (Å²) in [5.41, 5.74) is 0. The van der Waals surface area contributed by atoms with E-state index in [1.54, 1.807) is 0 Å². The second-order valence-corrected chi connectivity index (χ2v) is 5.06. The van der Waals surface area contributed by atoms with Crippen LogP contribution in [0.5, 0.6) is 0 Å². The maximum Gasteiger partial charge on any atom is 0.234 e. The van der Waals surface area contributed by atoms with Crippen LogP contribution in [0.15, 0.2) is 0 Å². The van der Waals surface area contributed by atoms with Crippen molar-refractivity contribution in [2.45, 2.75) is 37.0 Å². The van der Waals surface area contributed by atoms with Crippen LogP contribution in [0.4, 0.5) is 0 Å². The van der Waals surface area contributed by atoms with Crippen LogP contribution >= 0.6 is 11.8 Å². The third-order valence-corrected chi connectivity index (χ3v) is 4.06. The number of amides is 1. The number of nitrogens with zero attached hydrogens (tertiary/aromatic N) is 1. The van der Waals surface area contributed by atoms with Gasteiger partial charge in [-0.2, -0.15) is 17.0 Å². The van der Waals surface area contributed by atoms with Crippen molar-refractivity contribution in [3.63, 3.8) is 0 Å².